The Labute approximate surface area is 132 Å². The molecule has 0 saturated heterocycles. The topological polar surface area (TPSA) is 79.5 Å². The Balaban J connectivity index is 1.67. The zero-order valence-corrected chi connectivity index (χ0v) is 12.7. The zero-order valence-electron chi connectivity index (χ0n) is 12.7. The van der Waals surface area contributed by atoms with E-state index in [2.05, 4.69) is 15.4 Å². The van der Waals surface area contributed by atoms with E-state index < -0.39 is 0 Å². The van der Waals surface area contributed by atoms with Gasteiger partial charge >= 0.3 is 0 Å². The van der Waals surface area contributed by atoms with Gasteiger partial charge in [-0.25, -0.2) is 9.50 Å². The smallest absolute Gasteiger partial charge is 0.257 e. The van der Waals surface area contributed by atoms with E-state index in [0.717, 1.165) is 24.0 Å². The van der Waals surface area contributed by atoms with Gasteiger partial charge in [-0.2, -0.15) is 5.10 Å². The van der Waals surface area contributed by atoms with E-state index in [9.17, 15) is 9.90 Å². The summed E-state index contributed by atoms with van der Waals surface area (Å²) in [5, 5.41) is 17.3. The maximum absolute atomic E-state index is 12.7. The average molecular weight is 308 g/mol. The first kappa shape index (κ1) is 13.8. The molecule has 6 heteroatoms. The zero-order chi connectivity index (χ0) is 16.0. The highest BCUT2D eigenvalue weighted by Crippen LogP contribution is 2.36. The molecule has 0 bridgehead atoms. The van der Waals surface area contributed by atoms with Crippen molar-refractivity contribution in [2.75, 3.05) is 0 Å². The van der Waals surface area contributed by atoms with Crippen LogP contribution in [0.3, 0.4) is 0 Å². The summed E-state index contributed by atoms with van der Waals surface area (Å²) in [6.07, 6.45) is 4.97. The SMILES string of the molecule is Cc1nn2cccnc2c1C(=O)NC1CCc2c(O)cccc21. The summed E-state index contributed by atoms with van der Waals surface area (Å²) in [7, 11) is 0. The van der Waals surface area contributed by atoms with Crippen LogP contribution in [0.1, 0.15) is 39.6 Å². The Bertz CT molecular complexity index is 916. The van der Waals surface area contributed by atoms with Crippen LogP contribution in [0.2, 0.25) is 0 Å². The summed E-state index contributed by atoms with van der Waals surface area (Å²) >= 11 is 0. The molecule has 0 aliphatic heterocycles. The Morgan fingerprint density at radius 2 is 2.26 bits per heavy atom. The van der Waals surface area contributed by atoms with Gasteiger partial charge in [-0.15, -0.1) is 0 Å². The van der Waals surface area contributed by atoms with Crippen molar-refractivity contribution >= 4 is 11.6 Å². The maximum Gasteiger partial charge on any atom is 0.257 e. The summed E-state index contributed by atoms with van der Waals surface area (Å²) in [6.45, 7) is 1.80. The summed E-state index contributed by atoms with van der Waals surface area (Å²) in [5.74, 6) is 0.116. The van der Waals surface area contributed by atoms with E-state index in [-0.39, 0.29) is 11.9 Å². The van der Waals surface area contributed by atoms with Gasteiger partial charge in [-0.05, 0) is 43.0 Å². The highest BCUT2D eigenvalue weighted by atomic mass is 16.3. The Morgan fingerprint density at radius 3 is 3.13 bits per heavy atom. The third-order valence-corrected chi connectivity index (χ3v) is 4.35. The number of amides is 1. The molecule has 0 radical (unpaired) electrons. The summed E-state index contributed by atoms with van der Waals surface area (Å²) in [4.78, 5) is 17.0. The molecule has 1 aliphatic carbocycles. The van der Waals surface area contributed by atoms with Crippen molar-refractivity contribution in [3.05, 3.63) is 59.0 Å². The first-order valence-electron chi connectivity index (χ1n) is 7.56. The number of aromatic nitrogens is 3. The highest BCUT2D eigenvalue weighted by Gasteiger charge is 2.28. The van der Waals surface area contributed by atoms with Gasteiger partial charge < -0.3 is 10.4 Å². The fourth-order valence-corrected chi connectivity index (χ4v) is 3.28. The quantitative estimate of drug-likeness (QED) is 0.760. The van der Waals surface area contributed by atoms with Crippen LogP contribution in [-0.2, 0) is 6.42 Å². The fraction of sp³-hybridized carbons (Fsp3) is 0.235. The number of fused-ring (bicyclic) bond motifs is 2. The number of benzene rings is 1. The molecule has 1 aromatic carbocycles. The van der Waals surface area contributed by atoms with Crippen molar-refractivity contribution in [1.29, 1.82) is 0 Å². The predicted molar refractivity (Wildman–Crippen MR) is 84.4 cm³/mol. The van der Waals surface area contributed by atoms with Gasteiger partial charge in [-0.1, -0.05) is 12.1 Å². The number of phenols is 1. The van der Waals surface area contributed by atoms with E-state index >= 15 is 0 Å². The molecule has 116 valence electrons. The van der Waals surface area contributed by atoms with E-state index in [1.165, 1.54) is 0 Å². The number of rotatable bonds is 2. The predicted octanol–water partition coefficient (Wildman–Crippen LogP) is 2.16. The lowest BCUT2D eigenvalue weighted by Gasteiger charge is -2.14. The van der Waals surface area contributed by atoms with Crippen LogP contribution in [-0.4, -0.2) is 25.6 Å². The van der Waals surface area contributed by atoms with Crippen molar-refractivity contribution in [3.8, 4) is 5.75 Å². The average Bonchev–Trinajstić information content (AvgIpc) is 3.08. The molecule has 1 aliphatic rings. The fourth-order valence-electron chi connectivity index (χ4n) is 3.28. The van der Waals surface area contributed by atoms with Gasteiger partial charge in [0.1, 0.15) is 11.3 Å². The number of carbonyl (C=O) groups excluding carboxylic acids is 1. The number of carbonyl (C=O) groups is 1. The minimum absolute atomic E-state index is 0.0948. The van der Waals surface area contributed by atoms with Gasteiger partial charge in [-0.3, -0.25) is 4.79 Å². The number of aromatic hydroxyl groups is 1. The number of nitrogens with one attached hydrogen (secondary N) is 1. The molecular formula is C17H16N4O2. The van der Waals surface area contributed by atoms with Crippen LogP contribution in [0.15, 0.2) is 36.7 Å². The van der Waals surface area contributed by atoms with Gasteiger partial charge in [0.25, 0.3) is 5.91 Å². The molecule has 4 rings (SSSR count). The molecule has 1 atom stereocenters. The van der Waals surface area contributed by atoms with Gasteiger partial charge in [0.2, 0.25) is 0 Å². The number of nitrogens with zero attached hydrogens (tertiary/aromatic N) is 3. The normalized spacial score (nSPS) is 16.5. The molecule has 23 heavy (non-hydrogen) atoms. The lowest BCUT2D eigenvalue weighted by Crippen LogP contribution is -2.27. The molecule has 3 aromatic rings. The largest absolute Gasteiger partial charge is 0.508 e. The second-order valence-corrected chi connectivity index (χ2v) is 5.76. The molecule has 0 spiro atoms. The molecule has 1 amide bonds. The first-order valence-corrected chi connectivity index (χ1v) is 7.56. The Morgan fingerprint density at radius 1 is 1.39 bits per heavy atom. The highest BCUT2D eigenvalue weighted by molar-refractivity contribution is 6.01. The van der Waals surface area contributed by atoms with Gasteiger partial charge in [0, 0.05) is 12.4 Å². The Kier molecular flexibility index (Phi) is 3.04. The van der Waals surface area contributed by atoms with Crippen molar-refractivity contribution in [3.63, 3.8) is 0 Å². The molecule has 2 N–H and O–H groups in total. The maximum atomic E-state index is 12.7. The van der Waals surface area contributed by atoms with Crippen molar-refractivity contribution in [2.45, 2.75) is 25.8 Å². The van der Waals surface area contributed by atoms with Crippen molar-refractivity contribution < 1.29 is 9.90 Å². The van der Waals surface area contributed by atoms with Crippen molar-refractivity contribution in [1.82, 2.24) is 19.9 Å². The summed E-state index contributed by atoms with van der Waals surface area (Å²) in [6, 6.07) is 7.12. The monoisotopic (exact) mass is 308 g/mol. The van der Waals surface area contributed by atoms with Gasteiger partial charge in [0.05, 0.1) is 11.7 Å². The van der Waals surface area contributed by atoms with Crippen LogP contribution >= 0.6 is 0 Å². The lowest BCUT2D eigenvalue weighted by molar-refractivity contribution is 0.0937. The Hall–Kier alpha value is -2.89. The number of aryl methyl sites for hydroxylation is 1. The molecule has 0 saturated carbocycles. The standard InChI is InChI=1S/C17H16N4O2/c1-10-15(16-18-8-3-9-21(16)20-10)17(23)19-13-7-6-12-11(13)4-2-5-14(12)22/h2-5,8-9,13,22H,6-7H2,1H3,(H,19,23). The number of hydrogen-bond donors (Lipinski definition) is 2. The van der Waals surface area contributed by atoms with Crippen LogP contribution in [0, 0.1) is 6.92 Å². The van der Waals surface area contributed by atoms with E-state index in [1.807, 2.05) is 6.07 Å². The summed E-state index contributed by atoms with van der Waals surface area (Å²) < 4.78 is 1.61. The molecule has 0 fully saturated rings. The minimum atomic E-state index is -0.183. The lowest BCUT2D eigenvalue weighted by atomic mass is 10.1. The van der Waals surface area contributed by atoms with E-state index in [1.54, 1.807) is 42.0 Å². The first-order chi connectivity index (χ1) is 11.1. The molecular weight excluding hydrogens is 292 g/mol. The third kappa shape index (κ3) is 2.14. The van der Waals surface area contributed by atoms with Crippen LogP contribution in [0.4, 0.5) is 0 Å². The molecule has 1 unspecified atom stereocenters. The van der Waals surface area contributed by atoms with E-state index in [4.69, 9.17) is 0 Å². The minimum Gasteiger partial charge on any atom is -0.508 e. The van der Waals surface area contributed by atoms with E-state index in [0.29, 0.717) is 22.7 Å². The third-order valence-electron chi connectivity index (χ3n) is 4.35. The van der Waals surface area contributed by atoms with Crippen LogP contribution in [0.5, 0.6) is 5.75 Å². The van der Waals surface area contributed by atoms with Crippen molar-refractivity contribution in [2.24, 2.45) is 0 Å². The van der Waals surface area contributed by atoms with Crippen LogP contribution < -0.4 is 5.32 Å². The van der Waals surface area contributed by atoms with Gasteiger partial charge in [0.15, 0.2) is 5.65 Å². The second-order valence-electron chi connectivity index (χ2n) is 5.76. The molecule has 2 heterocycles. The second kappa shape index (κ2) is 5.08. The number of phenolic OH excluding ortho intramolecular Hbond substituents is 1. The van der Waals surface area contributed by atoms with Crippen LogP contribution in [0.25, 0.3) is 5.65 Å². The molecule has 2 aromatic heterocycles. The summed E-state index contributed by atoms with van der Waals surface area (Å²) in [5.41, 5.74) is 3.61. The molecule has 6 nitrogen and oxygen atoms in total. The number of hydrogen-bond acceptors (Lipinski definition) is 4.